The molecule has 1 saturated heterocycles. The van der Waals surface area contributed by atoms with E-state index in [0.717, 1.165) is 19.0 Å². The van der Waals surface area contributed by atoms with Crippen molar-refractivity contribution in [1.29, 1.82) is 5.26 Å². The predicted molar refractivity (Wildman–Crippen MR) is 40.2 cm³/mol. The van der Waals surface area contributed by atoms with Gasteiger partial charge in [0, 0.05) is 13.1 Å². The van der Waals surface area contributed by atoms with Gasteiger partial charge < -0.3 is 4.90 Å². The molecule has 10 heavy (non-hydrogen) atoms. The van der Waals surface area contributed by atoms with E-state index in [2.05, 4.69) is 13.1 Å². The Morgan fingerprint density at radius 1 is 1.70 bits per heavy atom. The lowest BCUT2D eigenvalue weighted by Crippen LogP contribution is -2.31. The van der Waals surface area contributed by atoms with E-state index < -0.39 is 0 Å². The Morgan fingerprint density at radius 3 is 3.10 bits per heavy atom. The lowest BCUT2D eigenvalue weighted by Gasteiger charge is -2.27. The molecule has 0 bridgehead atoms. The molecule has 0 radical (unpaired) electrons. The Bertz CT molecular complexity index is 137. The molecule has 1 unspecified atom stereocenters. The minimum Gasteiger partial charge on any atom is -0.310 e. The zero-order valence-corrected chi connectivity index (χ0v) is 6.51. The summed E-state index contributed by atoms with van der Waals surface area (Å²) in [6.45, 7) is 4.17. The Hall–Kier alpha value is -0.710. The maximum Gasteiger partial charge on any atom is 0.179 e. The van der Waals surface area contributed by atoms with Crippen molar-refractivity contribution >= 4 is 0 Å². The zero-order chi connectivity index (χ0) is 7.40. The fourth-order valence-corrected chi connectivity index (χ4v) is 1.49. The van der Waals surface area contributed by atoms with Gasteiger partial charge in [-0.05, 0) is 18.8 Å². The van der Waals surface area contributed by atoms with Gasteiger partial charge in [0.2, 0.25) is 0 Å². The second-order valence-corrected chi connectivity index (χ2v) is 2.96. The van der Waals surface area contributed by atoms with E-state index in [4.69, 9.17) is 5.26 Å². The van der Waals surface area contributed by atoms with Crippen LogP contribution in [0.3, 0.4) is 0 Å². The fraction of sp³-hybridized carbons (Fsp3) is 0.875. The average Bonchev–Trinajstić information content (AvgIpc) is 2.05. The highest BCUT2D eigenvalue weighted by Gasteiger charge is 2.16. The van der Waals surface area contributed by atoms with Crippen molar-refractivity contribution in [2.75, 3.05) is 13.1 Å². The summed E-state index contributed by atoms with van der Waals surface area (Å²) in [4.78, 5) is 1.87. The molecule has 2 nitrogen and oxygen atoms in total. The second-order valence-electron chi connectivity index (χ2n) is 2.96. The standard InChI is InChI=1S/C8H14N2/c1-2-8-4-3-5-10(6-8)7-9/h8H,2-6H2,1H3. The van der Waals surface area contributed by atoms with Crippen LogP contribution in [-0.4, -0.2) is 18.0 Å². The number of rotatable bonds is 1. The van der Waals surface area contributed by atoms with Gasteiger partial charge in [0.1, 0.15) is 0 Å². The van der Waals surface area contributed by atoms with Gasteiger partial charge in [-0.1, -0.05) is 13.3 Å². The molecule has 0 N–H and O–H groups in total. The van der Waals surface area contributed by atoms with E-state index in [1.54, 1.807) is 0 Å². The monoisotopic (exact) mass is 138 g/mol. The number of nitrogens with zero attached hydrogens (tertiary/aromatic N) is 2. The van der Waals surface area contributed by atoms with Crippen LogP contribution in [-0.2, 0) is 0 Å². The van der Waals surface area contributed by atoms with E-state index in [0.29, 0.717) is 0 Å². The van der Waals surface area contributed by atoms with Gasteiger partial charge >= 0.3 is 0 Å². The van der Waals surface area contributed by atoms with Crippen LogP contribution in [0.15, 0.2) is 0 Å². The van der Waals surface area contributed by atoms with E-state index in [9.17, 15) is 0 Å². The van der Waals surface area contributed by atoms with Crippen molar-refractivity contribution in [2.45, 2.75) is 26.2 Å². The molecule has 1 rings (SSSR count). The minimum atomic E-state index is 0.772. The summed E-state index contributed by atoms with van der Waals surface area (Å²) in [6, 6.07) is 0. The van der Waals surface area contributed by atoms with Crippen molar-refractivity contribution in [3.63, 3.8) is 0 Å². The fourth-order valence-electron chi connectivity index (χ4n) is 1.49. The zero-order valence-electron chi connectivity index (χ0n) is 6.51. The van der Waals surface area contributed by atoms with Crippen molar-refractivity contribution in [3.8, 4) is 6.19 Å². The molecule has 1 atom stereocenters. The number of hydrogen-bond acceptors (Lipinski definition) is 2. The summed E-state index contributed by atoms with van der Waals surface area (Å²) >= 11 is 0. The molecular weight excluding hydrogens is 124 g/mol. The van der Waals surface area contributed by atoms with Gasteiger partial charge in [-0.15, -0.1) is 0 Å². The molecule has 56 valence electrons. The van der Waals surface area contributed by atoms with Crippen molar-refractivity contribution < 1.29 is 0 Å². The van der Waals surface area contributed by atoms with E-state index in [1.165, 1.54) is 19.3 Å². The van der Waals surface area contributed by atoms with Crippen LogP contribution in [0.5, 0.6) is 0 Å². The van der Waals surface area contributed by atoms with Gasteiger partial charge in [-0.25, -0.2) is 0 Å². The molecule has 1 aliphatic rings. The molecule has 1 fully saturated rings. The Labute approximate surface area is 62.4 Å². The van der Waals surface area contributed by atoms with Crippen LogP contribution in [0.25, 0.3) is 0 Å². The van der Waals surface area contributed by atoms with Crippen molar-refractivity contribution in [2.24, 2.45) is 5.92 Å². The maximum atomic E-state index is 8.58. The lowest BCUT2D eigenvalue weighted by molar-refractivity contribution is 0.239. The first kappa shape index (κ1) is 7.40. The van der Waals surface area contributed by atoms with Crippen LogP contribution >= 0.6 is 0 Å². The largest absolute Gasteiger partial charge is 0.310 e. The summed E-state index contributed by atoms with van der Waals surface area (Å²) in [5, 5.41) is 8.58. The first-order valence-electron chi connectivity index (χ1n) is 4.01. The van der Waals surface area contributed by atoms with Gasteiger partial charge in [0.15, 0.2) is 6.19 Å². The van der Waals surface area contributed by atoms with Gasteiger partial charge in [0.25, 0.3) is 0 Å². The number of nitriles is 1. The van der Waals surface area contributed by atoms with Gasteiger partial charge in [-0.2, -0.15) is 5.26 Å². The minimum absolute atomic E-state index is 0.772. The molecule has 0 spiro atoms. The predicted octanol–water partition coefficient (Wildman–Crippen LogP) is 1.59. The summed E-state index contributed by atoms with van der Waals surface area (Å²) in [7, 11) is 0. The van der Waals surface area contributed by atoms with Crippen LogP contribution < -0.4 is 0 Å². The van der Waals surface area contributed by atoms with E-state index in [1.807, 2.05) is 4.90 Å². The highest BCUT2D eigenvalue weighted by Crippen LogP contribution is 2.17. The van der Waals surface area contributed by atoms with Crippen LogP contribution in [0.1, 0.15) is 26.2 Å². The molecule has 0 amide bonds. The third-order valence-corrected chi connectivity index (χ3v) is 2.24. The second kappa shape index (κ2) is 3.46. The van der Waals surface area contributed by atoms with Gasteiger partial charge in [-0.3, -0.25) is 0 Å². The lowest BCUT2D eigenvalue weighted by atomic mass is 9.96. The number of likely N-dealkylation sites (tertiary alicyclic amines) is 1. The number of piperidine rings is 1. The normalized spacial score (nSPS) is 26.0. The summed E-state index contributed by atoms with van der Waals surface area (Å²) < 4.78 is 0. The first-order valence-corrected chi connectivity index (χ1v) is 4.01. The molecule has 2 heteroatoms. The average molecular weight is 138 g/mol. The van der Waals surface area contributed by atoms with Crippen LogP contribution in [0, 0.1) is 17.4 Å². The molecular formula is C8H14N2. The van der Waals surface area contributed by atoms with Gasteiger partial charge in [0.05, 0.1) is 0 Å². The maximum absolute atomic E-state index is 8.58. The SMILES string of the molecule is CCC1CCCN(C#N)C1. The molecule has 0 aliphatic carbocycles. The third-order valence-electron chi connectivity index (χ3n) is 2.24. The third kappa shape index (κ3) is 1.63. The smallest absolute Gasteiger partial charge is 0.179 e. The summed E-state index contributed by atoms with van der Waals surface area (Å²) in [5.41, 5.74) is 0. The first-order chi connectivity index (χ1) is 4.86. The molecule has 0 aromatic heterocycles. The Balaban J connectivity index is 2.33. The number of hydrogen-bond donors (Lipinski definition) is 0. The summed E-state index contributed by atoms with van der Waals surface area (Å²) in [5.74, 6) is 0.772. The van der Waals surface area contributed by atoms with Crippen molar-refractivity contribution in [3.05, 3.63) is 0 Å². The van der Waals surface area contributed by atoms with E-state index >= 15 is 0 Å². The topological polar surface area (TPSA) is 27.0 Å². The molecule has 0 saturated carbocycles. The highest BCUT2D eigenvalue weighted by atomic mass is 15.1. The van der Waals surface area contributed by atoms with Crippen LogP contribution in [0.2, 0.25) is 0 Å². The molecule has 1 heterocycles. The van der Waals surface area contributed by atoms with E-state index in [-0.39, 0.29) is 0 Å². The highest BCUT2D eigenvalue weighted by molar-refractivity contribution is 4.80. The summed E-state index contributed by atoms with van der Waals surface area (Å²) in [6.07, 6.45) is 5.94. The molecule has 0 aromatic carbocycles. The quantitative estimate of drug-likeness (QED) is 0.514. The molecule has 1 aliphatic heterocycles. The molecule has 0 aromatic rings. The Kier molecular flexibility index (Phi) is 2.56. The Morgan fingerprint density at radius 2 is 2.50 bits per heavy atom. The van der Waals surface area contributed by atoms with Crippen molar-refractivity contribution in [1.82, 2.24) is 4.90 Å². The van der Waals surface area contributed by atoms with Crippen LogP contribution in [0.4, 0.5) is 0 Å².